The van der Waals surface area contributed by atoms with Crippen molar-refractivity contribution in [3.63, 3.8) is 0 Å². The molecule has 142 valence electrons. The minimum absolute atomic E-state index is 0.165. The molecule has 0 unspecified atom stereocenters. The number of halogens is 1. The van der Waals surface area contributed by atoms with Gasteiger partial charge in [0.25, 0.3) is 5.91 Å². The van der Waals surface area contributed by atoms with E-state index in [9.17, 15) is 9.18 Å². The van der Waals surface area contributed by atoms with Crippen molar-refractivity contribution < 1.29 is 13.6 Å². The highest BCUT2D eigenvalue weighted by molar-refractivity contribution is 5.95. The number of H-pyrrole nitrogens is 1. The summed E-state index contributed by atoms with van der Waals surface area (Å²) in [5.74, 6) is 0.187. The molecule has 5 nitrogen and oxygen atoms in total. The van der Waals surface area contributed by atoms with Gasteiger partial charge in [-0.05, 0) is 49.6 Å². The largest absolute Gasteiger partial charge is 0.444 e. The molecular formula is C22H20FN3O2. The fourth-order valence-corrected chi connectivity index (χ4v) is 3.53. The summed E-state index contributed by atoms with van der Waals surface area (Å²) in [7, 11) is 0. The topological polar surface area (TPSA) is 70.9 Å². The molecule has 2 aromatic carbocycles. The molecule has 4 aromatic rings. The maximum absolute atomic E-state index is 14.1. The molecule has 28 heavy (non-hydrogen) atoms. The van der Waals surface area contributed by atoms with Gasteiger partial charge in [0, 0.05) is 28.8 Å². The minimum atomic E-state index is -0.261. The predicted molar refractivity (Wildman–Crippen MR) is 106 cm³/mol. The maximum Gasteiger partial charge on any atom is 0.251 e. The van der Waals surface area contributed by atoms with Gasteiger partial charge in [0.15, 0.2) is 12.2 Å². The quantitative estimate of drug-likeness (QED) is 0.536. The first kappa shape index (κ1) is 18.0. The number of carbonyl (C=O) groups is 1. The molecule has 0 saturated heterocycles. The third-order valence-corrected chi connectivity index (χ3v) is 4.93. The van der Waals surface area contributed by atoms with Gasteiger partial charge in [-0.1, -0.05) is 18.2 Å². The number of nitrogens with zero attached hydrogens (tertiary/aromatic N) is 1. The number of benzene rings is 2. The zero-order valence-electron chi connectivity index (χ0n) is 15.7. The highest BCUT2D eigenvalue weighted by Gasteiger charge is 2.14. The van der Waals surface area contributed by atoms with Crippen LogP contribution in [-0.2, 0) is 6.42 Å². The average molecular weight is 377 g/mol. The lowest BCUT2D eigenvalue weighted by Gasteiger charge is -2.08. The van der Waals surface area contributed by atoms with E-state index < -0.39 is 0 Å². The molecule has 2 aromatic heterocycles. The number of carbonyl (C=O) groups excluding carboxylic acids is 1. The van der Waals surface area contributed by atoms with E-state index in [2.05, 4.69) is 15.3 Å². The summed E-state index contributed by atoms with van der Waals surface area (Å²) < 4.78 is 19.4. The lowest BCUT2D eigenvalue weighted by molar-refractivity contribution is 0.0954. The summed E-state index contributed by atoms with van der Waals surface area (Å²) in [5, 5.41) is 3.84. The highest BCUT2D eigenvalue weighted by atomic mass is 19.1. The number of hydrogen-bond donors (Lipinski definition) is 2. The molecular weight excluding hydrogens is 357 g/mol. The summed E-state index contributed by atoms with van der Waals surface area (Å²) in [4.78, 5) is 19.6. The molecule has 6 heteroatoms. The van der Waals surface area contributed by atoms with E-state index >= 15 is 0 Å². The Balaban J connectivity index is 1.48. The molecule has 2 heterocycles. The first-order chi connectivity index (χ1) is 13.5. The summed E-state index contributed by atoms with van der Waals surface area (Å²) in [6.45, 7) is 4.35. The SMILES string of the molecule is Cc1[nH]c2c(F)ccc(C)c2c1CCNC(=O)c1cccc(-c2cnco2)c1. The van der Waals surface area contributed by atoms with Crippen LogP contribution in [0.25, 0.3) is 22.2 Å². The fourth-order valence-electron chi connectivity index (χ4n) is 3.53. The van der Waals surface area contributed by atoms with Crippen molar-refractivity contribution in [3.8, 4) is 11.3 Å². The average Bonchev–Trinajstić information content (AvgIpc) is 3.34. The van der Waals surface area contributed by atoms with Crippen LogP contribution >= 0.6 is 0 Å². The minimum Gasteiger partial charge on any atom is -0.444 e. The monoisotopic (exact) mass is 377 g/mol. The van der Waals surface area contributed by atoms with E-state index in [-0.39, 0.29) is 11.7 Å². The number of aromatic amines is 1. The molecule has 0 saturated carbocycles. The van der Waals surface area contributed by atoms with Crippen molar-refractivity contribution in [1.29, 1.82) is 0 Å². The van der Waals surface area contributed by atoms with Crippen LogP contribution in [0.15, 0.2) is 53.4 Å². The van der Waals surface area contributed by atoms with Crippen molar-refractivity contribution >= 4 is 16.8 Å². The highest BCUT2D eigenvalue weighted by Crippen LogP contribution is 2.28. The fraction of sp³-hybridized carbons (Fsp3) is 0.182. The Hall–Kier alpha value is -3.41. The molecule has 0 radical (unpaired) electrons. The molecule has 0 atom stereocenters. The maximum atomic E-state index is 14.1. The Morgan fingerprint density at radius 2 is 2.11 bits per heavy atom. The summed E-state index contributed by atoms with van der Waals surface area (Å²) in [6, 6.07) is 10.5. The van der Waals surface area contributed by atoms with Crippen LogP contribution in [0.2, 0.25) is 0 Å². The molecule has 2 N–H and O–H groups in total. The normalized spacial score (nSPS) is 11.1. The molecule has 0 aliphatic rings. The van der Waals surface area contributed by atoms with Crippen molar-refractivity contribution in [3.05, 3.63) is 77.2 Å². The van der Waals surface area contributed by atoms with E-state index in [4.69, 9.17) is 4.42 Å². The van der Waals surface area contributed by atoms with E-state index in [1.807, 2.05) is 26.0 Å². The van der Waals surface area contributed by atoms with E-state index in [1.165, 1.54) is 12.5 Å². The van der Waals surface area contributed by atoms with Crippen molar-refractivity contribution in [2.45, 2.75) is 20.3 Å². The molecule has 1 amide bonds. The van der Waals surface area contributed by atoms with Gasteiger partial charge in [-0.25, -0.2) is 9.37 Å². The second-order valence-corrected chi connectivity index (χ2v) is 6.80. The van der Waals surface area contributed by atoms with Gasteiger partial charge in [-0.2, -0.15) is 0 Å². The van der Waals surface area contributed by atoms with E-state index in [0.717, 1.165) is 27.8 Å². The number of fused-ring (bicyclic) bond motifs is 1. The molecule has 0 aliphatic carbocycles. The zero-order chi connectivity index (χ0) is 19.7. The number of hydrogen-bond acceptors (Lipinski definition) is 3. The van der Waals surface area contributed by atoms with Gasteiger partial charge < -0.3 is 14.7 Å². The standard InChI is InChI=1S/C22H20FN3O2/c1-13-6-7-18(23)21-20(13)17(14(2)26-21)8-9-25-22(27)16-5-3-4-15(10-16)19-11-24-12-28-19/h3-7,10-12,26H,8-9H2,1-2H3,(H,25,27). The Morgan fingerprint density at radius 1 is 1.25 bits per heavy atom. The molecule has 0 spiro atoms. The van der Waals surface area contributed by atoms with Crippen LogP contribution in [0.5, 0.6) is 0 Å². The number of aromatic nitrogens is 2. The Kier molecular flexibility index (Phi) is 4.69. The summed E-state index contributed by atoms with van der Waals surface area (Å²) in [6.07, 6.45) is 3.58. The first-order valence-corrected chi connectivity index (χ1v) is 9.08. The number of oxazole rings is 1. The number of aryl methyl sites for hydroxylation is 2. The van der Waals surface area contributed by atoms with Crippen LogP contribution in [0.4, 0.5) is 4.39 Å². The van der Waals surface area contributed by atoms with Crippen molar-refractivity contribution in [2.24, 2.45) is 0 Å². The van der Waals surface area contributed by atoms with Gasteiger partial charge in [0.05, 0.1) is 11.7 Å². The lowest BCUT2D eigenvalue weighted by Crippen LogP contribution is -2.25. The Bertz CT molecular complexity index is 1150. The van der Waals surface area contributed by atoms with Gasteiger partial charge in [0.1, 0.15) is 5.82 Å². The second-order valence-electron chi connectivity index (χ2n) is 6.80. The molecule has 0 aliphatic heterocycles. The Morgan fingerprint density at radius 3 is 2.89 bits per heavy atom. The van der Waals surface area contributed by atoms with Crippen LogP contribution in [0.1, 0.15) is 27.2 Å². The van der Waals surface area contributed by atoms with E-state index in [1.54, 1.807) is 24.4 Å². The van der Waals surface area contributed by atoms with Crippen LogP contribution < -0.4 is 5.32 Å². The van der Waals surface area contributed by atoms with Gasteiger partial charge in [-0.3, -0.25) is 4.79 Å². The van der Waals surface area contributed by atoms with Gasteiger partial charge >= 0.3 is 0 Å². The van der Waals surface area contributed by atoms with Crippen LogP contribution in [0.3, 0.4) is 0 Å². The number of nitrogens with one attached hydrogen (secondary N) is 2. The second kappa shape index (κ2) is 7.31. The number of amides is 1. The first-order valence-electron chi connectivity index (χ1n) is 9.08. The van der Waals surface area contributed by atoms with Crippen LogP contribution in [-0.4, -0.2) is 22.4 Å². The van der Waals surface area contributed by atoms with E-state index in [0.29, 0.717) is 29.8 Å². The summed E-state index contributed by atoms with van der Waals surface area (Å²) in [5.41, 5.74) is 4.84. The third-order valence-electron chi connectivity index (χ3n) is 4.93. The van der Waals surface area contributed by atoms with Crippen LogP contribution in [0, 0.1) is 19.7 Å². The molecule has 0 fully saturated rings. The van der Waals surface area contributed by atoms with Gasteiger partial charge in [0.2, 0.25) is 0 Å². The van der Waals surface area contributed by atoms with Crippen molar-refractivity contribution in [1.82, 2.24) is 15.3 Å². The number of rotatable bonds is 5. The van der Waals surface area contributed by atoms with Crippen molar-refractivity contribution in [2.75, 3.05) is 6.54 Å². The predicted octanol–water partition coefficient (Wildman–Crippen LogP) is 4.55. The molecule has 0 bridgehead atoms. The zero-order valence-corrected chi connectivity index (χ0v) is 15.7. The third kappa shape index (κ3) is 3.29. The van der Waals surface area contributed by atoms with Gasteiger partial charge in [-0.15, -0.1) is 0 Å². The summed E-state index contributed by atoms with van der Waals surface area (Å²) >= 11 is 0. The molecule has 4 rings (SSSR count). The smallest absolute Gasteiger partial charge is 0.251 e. The lowest BCUT2D eigenvalue weighted by atomic mass is 10.0. The Labute approximate surface area is 161 Å².